The summed E-state index contributed by atoms with van der Waals surface area (Å²) in [6.45, 7) is 11.2. The largest absolute Gasteiger partial charge is 0.349 e. The molecule has 4 nitrogen and oxygen atoms in total. The second-order valence-electron chi connectivity index (χ2n) is 6.82. The zero-order valence-electron chi connectivity index (χ0n) is 13.5. The van der Waals surface area contributed by atoms with E-state index in [2.05, 4.69) is 11.9 Å². The first kappa shape index (κ1) is 16.7. The van der Waals surface area contributed by atoms with E-state index in [1.165, 1.54) is 6.92 Å². The molecule has 0 aliphatic heterocycles. The van der Waals surface area contributed by atoms with Gasteiger partial charge in [0.2, 0.25) is 11.8 Å². The number of carbonyl (C=O) groups excluding carboxylic acids is 2. The van der Waals surface area contributed by atoms with E-state index in [0.717, 1.165) is 25.7 Å². The Labute approximate surface area is 122 Å². The van der Waals surface area contributed by atoms with E-state index in [1.54, 1.807) is 11.9 Å². The standard InChI is InChI=1S/C16H28N2O2/c1-7-9-13-10-8-11-16(13,18(6)12(2)19)14(20)17-15(3,4)5/h7,13H,1,8-11H2,2-6H3,(H,17,20)/t13-,16-/m0/s1. The lowest BCUT2D eigenvalue weighted by atomic mass is 9.81. The normalized spacial score (nSPS) is 26.1. The van der Waals surface area contributed by atoms with Gasteiger partial charge in [-0.1, -0.05) is 12.5 Å². The molecule has 4 heteroatoms. The molecule has 1 fully saturated rings. The van der Waals surface area contributed by atoms with E-state index >= 15 is 0 Å². The molecule has 0 aromatic rings. The molecule has 1 saturated carbocycles. The van der Waals surface area contributed by atoms with Crippen molar-refractivity contribution in [1.82, 2.24) is 10.2 Å². The molecule has 0 heterocycles. The van der Waals surface area contributed by atoms with Crippen LogP contribution in [0.3, 0.4) is 0 Å². The fraction of sp³-hybridized carbons (Fsp3) is 0.750. The molecule has 0 bridgehead atoms. The Bertz CT molecular complexity index is 398. The summed E-state index contributed by atoms with van der Waals surface area (Å²) in [6.07, 6.45) is 5.26. The average Bonchev–Trinajstić information content (AvgIpc) is 2.71. The smallest absolute Gasteiger partial charge is 0.246 e. The molecule has 1 aliphatic carbocycles. The van der Waals surface area contributed by atoms with Gasteiger partial charge >= 0.3 is 0 Å². The summed E-state index contributed by atoms with van der Waals surface area (Å²) in [7, 11) is 1.74. The lowest BCUT2D eigenvalue weighted by molar-refractivity contribution is -0.148. The van der Waals surface area contributed by atoms with Gasteiger partial charge in [-0.15, -0.1) is 6.58 Å². The van der Waals surface area contributed by atoms with Gasteiger partial charge in [-0.05, 0) is 46.0 Å². The van der Waals surface area contributed by atoms with Gasteiger partial charge in [-0.2, -0.15) is 0 Å². The molecule has 0 spiro atoms. The van der Waals surface area contributed by atoms with Gasteiger partial charge in [0.15, 0.2) is 0 Å². The van der Waals surface area contributed by atoms with Crippen LogP contribution < -0.4 is 5.32 Å². The molecule has 1 N–H and O–H groups in total. The maximum atomic E-state index is 12.9. The van der Waals surface area contributed by atoms with Gasteiger partial charge in [0.05, 0.1) is 0 Å². The topological polar surface area (TPSA) is 49.4 Å². The molecule has 0 unspecified atom stereocenters. The second-order valence-corrected chi connectivity index (χ2v) is 6.82. The van der Waals surface area contributed by atoms with Crippen LogP contribution in [0, 0.1) is 5.92 Å². The highest BCUT2D eigenvalue weighted by molar-refractivity contribution is 5.92. The third-order valence-electron chi connectivity index (χ3n) is 4.19. The van der Waals surface area contributed by atoms with Gasteiger partial charge < -0.3 is 10.2 Å². The molecule has 1 aliphatic rings. The number of rotatable bonds is 4. The van der Waals surface area contributed by atoms with Gasteiger partial charge in [-0.3, -0.25) is 9.59 Å². The summed E-state index contributed by atoms with van der Waals surface area (Å²) in [4.78, 5) is 26.4. The van der Waals surface area contributed by atoms with Crippen molar-refractivity contribution in [1.29, 1.82) is 0 Å². The zero-order valence-corrected chi connectivity index (χ0v) is 13.5. The quantitative estimate of drug-likeness (QED) is 0.804. The van der Waals surface area contributed by atoms with Crippen molar-refractivity contribution in [3.05, 3.63) is 12.7 Å². The predicted molar refractivity (Wildman–Crippen MR) is 81.2 cm³/mol. The van der Waals surface area contributed by atoms with E-state index in [0.29, 0.717) is 0 Å². The van der Waals surface area contributed by atoms with Crippen molar-refractivity contribution in [2.24, 2.45) is 5.92 Å². The van der Waals surface area contributed by atoms with E-state index in [1.807, 2.05) is 26.8 Å². The van der Waals surface area contributed by atoms with Gasteiger partial charge in [0, 0.05) is 19.5 Å². The number of allylic oxidation sites excluding steroid dienone is 1. The Morgan fingerprint density at radius 3 is 2.50 bits per heavy atom. The van der Waals surface area contributed by atoms with Crippen molar-refractivity contribution >= 4 is 11.8 Å². The minimum absolute atomic E-state index is 0.0351. The van der Waals surface area contributed by atoms with Crippen molar-refractivity contribution in [3.8, 4) is 0 Å². The molecule has 20 heavy (non-hydrogen) atoms. The number of hydrogen-bond acceptors (Lipinski definition) is 2. The molecule has 2 atom stereocenters. The first-order valence-corrected chi connectivity index (χ1v) is 7.33. The number of nitrogens with one attached hydrogen (secondary N) is 1. The molecule has 2 amide bonds. The Kier molecular flexibility index (Phi) is 5.00. The number of carbonyl (C=O) groups is 2. The van der Waals surface area contributed by atoms with Crippen LogP contribution in [0.4, 0.5) is 0 Å². The first-order valence-electron chi connectivity index (χ1n) is 7.33. The Balaban J connectivity index is 3.16. The maximum absolute atomic E-state index is 12.9. The monoisotopic (exact) mass is 280 g/mol. The Hall–Kier alpha value is -1.32. The summed E-state index contributed by atoms with van der Waals surface area (Å²) < 4.78 is 0. The molecule has 0 aromatic carbocycles. The number of likely N-dealkylation sites (N-methyl/N-ethyl adjacent to an activating group) is 1. The third-order valence-corrected chi connectivity index (χ3v) is 4.19. The second kappa shape index (κ2) is 5.98. The first-order chi connectivity index (χ1) is 9.15. The van der Waals surface area contributed by atoms with Crippen molar-refractivity contribution in [3.63, 3.8) is 0 Å². The minimum Gasteiger partial charge on any atom is -0.349 e. The average molecular weight is 280 g/mol. The van der Waals surface area contributed by atoms with Gasteiger partial charge in [0.25, 0.3) is 0 Å². The highest BCUT2D eigenvalue weighted by Gasteiger charge is 2.52. The van der Waals surface area contributed by atoms with Crippen molar-refractivity contribution < 1.29 is 9.59 Å². The van der Waals surface area contributed by atoms with Crippen LogP contribution in [-0.4, -0.2) is 34.8 Å². The van der Waals surface area contributed by atoms with Gasteiger partial charge in [0.1, 0.15) is 5.54 Å². The van der Waals surface area contributed by atoms with Crippen LogP contribution in [0.25, 0.3) is 0 Å². The molecular weight excluding hydrogens is 252 g/mol. The third kappa shape index (κ3) is 3.22. The molecular formula is C16H28N2O2. The van der Waals surface area contributed by atoms with E-state index < -0.39 is 5.54 Å². The summed E-state index contributed by atoms with van der Waals surface area (Å²) in [6, 6.07) is 0. The number of nitrogens with zero attached hydrogens (tertiary/aromatic N) is 1. The SMILES string of the molecule is C=CC[C@H]1CCC[C@]1(C(=O)NC(C)(C)C)N(C)C(C)=O. The van der Waals surface area contributed by atoms with Crippen LogP contribution in [0.1, 0.15) is 53.4 Å². The minimum atomic E-state index is -0.729. The maximum Gasteiger partial charge on any atom is 0.246 e. The predicted octanol–water partition coefficient (Wildman–Crippen LogP) is 2.49. The van der Waals surface area contributed by atoms with Crippen molar-refractivity contribution in [2.75, 3.05) is 7.05 Å². The summed E-state index contributed by atoms with van der Waals surface area (Å²) in [5.74, 6) is 0.0494. The Morgan fingerprint density at radius 2 is 2.05 bits per heavy atom. The molecule has 0 saturated heterocycles. The van der Waals surface area contributed by atoms with Gasteiger partial charge in [-0.25, -0.2) is 0 Å². The van der Waals surface area contributed by atoms with Crippen LogP contribution in [0.2, 0.25) is 0 Å². The fourth-order valence-corrected chi connectivity index (χ4v) is 3.20. The number of amides is 2. The fourth-order valence-electron chi connectivity index (χ4n) is 3.20. The molecule has 0 radical (unpaired) electrons. The van der Waals surface area contributed by atoms with Crippen LogP contribution in [0.5, 0.6) is 0 Å². The zero-order chi connectivity index (χ0) is 15.6. The van der Waals surface area contributed by atoms with E-state index in [9.17, 15) is 9.59 Å². The molecule has 114 valence electrons. The van der Waals surface area contributed by atoms with Crippen LogP contribution >= 0.6 is 0 Å². The highest BCUT2D eigenvalue weighted by Crippen LogP contribution is 2.42. The van der Waals surface area contributed by atoms with Crippen LogP contribution in [-0.2, 0) is 9.59 Å². The molecule has 1 rings (SSSR count). The lowest BCUT2D eigenvalue weighted by Crippen LogP contribution is -2.63. The summed E-state index contributed by atoms with van der Waals surface area (Å²) in [5.41, 5.74) is -1.03. The highest BCUT2D eigenvalue weighted by atomic mass is 16.2. The number of hydrogen-bond donors (Lipinski definition) is 1. The van der Waals surface area contributed by atoms with Crippen molar-refractivity contribution in [2.45, 2.75) is 64.5 Å². The van der Waals surface area contributed by atoms with E-state index in [4.69, 9.17) is 0 Å². The Morgan fingerprint density at radius 1 is 1.45 bits per heavy atom. The lowest BCUT2D eigenvalue weighted by Gasteiger charge is -2.43. The molecule has 0 aromatic heterocycles. The van der Waals surface area contributed by atoms with Crippen LogP contribution in [0.15, 0.2) is 12.7 Å². The van der Waals surface area contributed by atoms with E-state index in [-0.39, 0.29) is 23.3 Å². The summed E-state index contributed by atoms with van der Waals surface area (Å²) >= 11 is 0. The summed E-state index contributed by atoms with van der Waals surface area (Å²) in [5, 5.41) is 3.06.